The molecule has 0 unspecified atom stereocenters. The SMILES string of the molecule is CN(c1cc(Cl)nc(C2CC2)n1)C1CCN(C(=O)OC(C)(C)C)CC1. The maximum absolute atomic E-state index is 12.2. The van der Waals surface area contributed by atoms with Crippen molar-refractivity contribution >= 4 is 23.5 Å². The molecule has 0 radical (unpaired) electrons. The van der Waals surface area contributed by atoms with Crippen molar-refractivity contribution in [3.8, 4) is 0 Å². The standard InChI is InChI=1S/C18H27ClN4O2/c1-18(2,3)25-17(24)23-9-7-13(8-10-23)22(4)15-11-14(19)20-16(21-15)12-5-6-12/h11-13H,5-10H2,1-4H3. The molecule has 1 aliphatic heterocycles. The van der Waals surface area contributed by atoms with Gasteiger partial charge in [0.2, 0.25) is 0 Å². The lowest BCUT2D eigenvalue weighted by atomic mass is 10.0. The Morgan fingerprint density at radius 2 is 1.88 bits per heavy atom. The maximum atomic E-state index is 12.2. The zero-order chi connectivity index (χ0) is 18.2. The third-order valence-corrected chi connectivity index (χ3v) is 4.86. The summed E-state index contributed by atoms with van der Waals surface area (Å²) in [7, 11) is 2.04. The third kappa shape index (κ3) is 4.75. The molecule has 2 heterocycles. The summed E-state index contributed by atoms with van der Waals surface area (Å²) in [6, 6.07) is 2.16. The van der Waals surface area contributed by atoms with Gasteiger partial charge in [-0.05, 0) is 46.5 Å². The molecule has 1 aromatic heterocycles. The van der Waals surface area contributed by atoms with E-state index >= 15 is 0 Å². The molecule has 1 saturated heterocycles. The average Bonchev–Trinajstić information content (AvgIpc) is 3.37. The zero-order valence-corrected chi connectivity index (χ0v) is 16.2. The van der Waals surface area contributed by atoms with Gasteiger partial charge in [0, 0.05) is 38.2 Å². The fourth-order valence-electron chi connectivity index (χ4n) is 3.08. The van der Waals surface area contributed by atoms with Crippen LogP contribution in [-0.2, 0) is 4.74 Å². The highest BCUT2D eigenvalue weighted by Crippen LogP contribution is 2.39. The number of halogens is 1. The van der Waals surface area contributed by atoms with Gasteiger partial charge in [0.15, 0.2) is 0 Å². The van der Waals surface area contributed by atoms with E-state index in [9.17, 15) is 4.79 Å². The lowest BCUT2D eigenvalue weighted by Gasteiger charge is -2.37. The predicted octanol–water partition coefficient (Wildman–Crippen LogP) is 3.84. The number of anilines is 1. The molecule has 2 aliphatic rings. The Morgan fingerprint density at radius 3 is 2.44 bits per heavy atom. The molecule has 1 aliphatic carbocycles. The second kappa shape index (κ2) is 6.98. The topological polar surface area (TPSA) is 58.6 Å². The van der Waals surface area contributed by atoms with Crippen molar-refractivity contribution in [2.75, 3.05) is 25.0 Å². The van der Waals surface area contributed by atoms with E-state index in [4.69, 9.17) is 21.3 Å². The van der Waals surface area contributed by atoms with Crippen LogP contribution in [0.5, 0.6) is 0 Å². The van der Waals surface area contributed by atoms with Gasteiger partial charge in [-0.3, -0.25) is 0 Å². The van der Waals surface area contributed by atoms with Crippen LogP contribution < -0.4 is 4.90 Å². The Kier molecular flexibility index (Phi) is 5.09. The van der Waals surface area contributed by atoms with Crippen LogP contribution in [-0.4, -0.2) is 52.7 Å². The van der Waals surface area contributed by atoms with Crippen molar-refractivity contribution in [2.24, 2.45) is 0 Å². The van der Waals surface area contributed by atoms with Crippen LogP contribution in [0.3, 0.4) is 0 Å². The van der Waals surface area contributed by atoms with Gasteiger partial charge in [0.1, 0.15) is 22.4 Å². The van der Waals surface area contributed by atoms with Crippen LogP contribution in [0.15, 0.2) is 6.07 Å². The minimum Gasteiger partial charge on any atom is -0.444 e. The predicted molar refractivity (Wildman–Crippen MR) is 98.2 cm³/mol. The van der Waals surface area contributed by atoms with Crippen LogP contribution in [0, 0.1) is 0 Å². The lowest BCUT2D eigenvalue weighted by Crippen LogP contribution is -2.47. The number of carbonyl (C=O) groups is 1. The minimum absolute atomic E-state index is 0.227. The van der Waals surface area contributed by atoms with Crippen molar-refractivity contribution in [3.05, 3.63) is 17.0 Å². The van der Waals surface area contributed by atoms with Gasteiger partial charge in [-0.25, -0.2) is 14.8 Å². The molecule has 0 N–H and O–H groups in total. The summed E-state index contributed by atoms with van der Waals surface area (Å²) in [6.45, 7) is 7.06. The van der Waals surface area contributed by atoms with Crippen molar-refractivity contribution in [1.29, 1.82) is 0 Å². The van der Waals surface area contributed by atoms with Gasteiger partial charge >= 0.3 is 6.09 Å². The van der Waals surface area contributed by atoms with E-state index in [-0.39, 0.29) is 6.09 Å². The normalized spacial score (nSPS) is 19.0. The highest BCUT2D eigenvalue weighted by Gasteiger charge is 2.31. The van der Waals surface area contributed by atoms with Crippen LogP contribution in [0.4, 0.5) is 10.6 Å². The highest BCUT2D eigenvalue weighted by atomic mass is 35.5. The number of amides is 1. The molecule has 0 bridgehead atoms. The average molecular weight is 367 g/mol. The van der Waals surface area contributed by atoms with Gasteiger partial charge in [0.05, 0.1) is 0 Å². The van der Waals surface area contributed by atoms with E-state index in [0.29, 0.717) is 30.2 Å². The first-order valence-corrected chi connectivity index (χ1v) is 9.36. The van der Waals surface area contributed by atoms with Crippen LogP contribution in [0.25, 0.3) is 0 Å². The first-order chi connectivity index (χ1) is 11.7. The van der Waals surface area contributed by atoms with Crippen LogP contribution >= 0.6 is 11.6 Å². The van der Waals surface area contributed by atoms with Gasteiger partial charge < -0.3 is 14.5 Å². The molecule has 25 heavy (non-hydrogen) atoms. The summed E-state index contributed by atoms with van der Waals surface area (Å²) in [5, 5.41) is 0.505. The van der Waals surface area contributed by atoms with E-state index in [1.807, 2.05) is 33.9 Å². The number of hydrogen-bond donors (Lipinski definition) is 0. The second-order valence-corrected chi connectivity index (χ2v) is 8.38. The summed E-state index contributed by atoms with van der Waals surface area (Å²) in [4.78, 5) is 25.2. The Balaban J connectivity index is 1.60. The molecule has 0 spiro atoms. The fraction of sp³-hybridized carbons (Fsp3) is 0.722. The number of piperidine rings is 1. The van der Waals surface area contributed by atoms with Gasteiger partial charge in [-0.15, -0.1) is 0 Å². The zero-order valence-electron chi connectivity index (χ0n) is 15.5. The first kappa shape index (κ1) is 18.2. The van der Waals surface area contributed by atoms with Crippen LogP contribution in [0.2, 0.25) is 5.15 Å². The monoisotopic (exact) mass is 366 g/mol. The number of likely N-dealkylation sites (tertiary alicyclic amines) is 1. The Labute approximate surface area is 154 Å². The first-order valence-electron chi connectivity index (χ1n) is 8.98. The molecule has 6 nitrogen and oxygen atoms in total. The number of carbonyl (C=O) groups excluding carboxylic acids is 1. The smallest absolute Gasteiger partial charge is 0.410 e. The molecule has 1 saturated carbocycles. The van der Waals surface area contributed by atoms with Gasteiger partial charge in [0.25, 0.3) is 0 Å². The number of rotatable bonds is 3. The maximum Gasteiger partial charge on any atom is 0.410 e. The van der Waals surface area contributed by atoms with E-state index < -0.39 is 5.60 Å². The van der Waals surface area contributed by atoms with Crippen molar-refractivity contribution in [2.45, 2.75) is 64.0 Å². The van der Waals surface area contributed by atoms with Crippen molar-refractivity contribution < 1.29 is 9.53 Å². The van der Waals surface area contributed by atoms with E-state index in [2.05, 4.69) is 9.88 Å². The Morgan fingerprint density at radius 1 is 1.24 bits per heavy atom. The molecule has 0 aromatic carbocycles. The quantitative estimate of drug-likeness (QED) is 0.760. The number of hydrogen-bond acceptors (Lipinski definition) is 5. The summed E-state index contributed by atoms with van der Waals surface area (Å²) in [5.74, 6) is 2.21. The minimum atomic E-state index is -0.457. The van der Waals surface area contributed by atoms with E-state index in [1.54, 1.807) is 4.90 Å². The summed E-state index contributed by atoms with van der Waals surface area (Å²) < 4.78 is 5.46. The highest BCUT2D eigenvalue weighted by molar-refractivity contribution is 6.29. The second-order valence-electron chi connectivity index (χ2n) is 7.99. The number of ether oxygens (including phenoxy) is 1. The largest absolute Gasteiger partial charge is 0.444 e. The lowest BCUT2D eigenvalue weighted by molar-refractivity contribution is 0.0205. The van der Waals surface area contributed by atoms with Gasteiger partial charge in [-0.2, -0.15) is 0 Å². The Bertz CT molecular complexity index is 634. The Hall–Kier alpha value is -1.56. The van der Waals surface area contributed by atoms with E-state index in [0.717, 1.165) is 37.3 Å². The molecule has 138 valence electrons. The summed E-state index contributed by atoms with van der Waals surface area (Å²) >= 11 is 6.18. The number of aromatic nitrogens is 2. The summed E-state index contributed by atoms with van der Waals surface area (Å²) in [5.41, 5.74) is -0.457. The van der Waals surface area contributed by atoms with Crippen LogP contribution in [0.1, 0.15) is 58.2 Å². The molecule has 2 fully saturated rings. The van der Waals surface area contributed by atoms with Gasteiger partial charge in [-0.1, -0.05) is 11.6 Å². The third-order valence-electron chi connectivity index (χ3n) is 4.67. The van der Waals surface area contributed by atoms with E-state index in [1.165, 1.54) is 0 Å². The van der Waals surface area contributed by atoms with Crippen molar-refractivity contribution in [1.82, 2.24) is 14.9 Å². The summed E-state index contributed by atoms with van der Waals surface area (Å²) in [6.07, 6.45) is 3.84. The molecular formula is C18H27ClN4O2. The molecule has 7 heteroatoms. The fourth-order valence-corrected chi connectivity index (χ4v) is 3.26. The molecule has 1 aromatic rings. The molecule has 1 amide bonds. The number of nitrogens with zero attached hydrogens (tertiary/aromatic N) is 4. The molecule has 0 atom stereocenters. The molecular weight excluding hydrogens is 340 g/mol. The molecule has 3 rings (SSSR count). The van der Waals surface area contributed by atoms with Crippen molar-refractivity contribution in [3.63, 3.8) is 0 Å².